The average molecular weight is 248 g/mol. The van der Waals surface area contributed by atoms with Gasteiger partial charge in [0.2, 0.25) is 5.91 Å². The Labute approximate surface area is 110 Å². The van der Waals surface area contributed by atoms with Crippen LogP contribution in [0.25, 0.3) is 0 Å². The molecule has 0 aliphatic rings. The van der Waals surface area contributed by atoms with E-state index in [0.29, 0.717) is 12.3 Å². The molecule has 3 nitrogen and oxygen atoms in total. The van der Waals surface area contributed by atoms with Crippen molar-refractivity contribution in [1.29, 1.82) is 0 Å². The highest BCUT2D eigenvalue weighted by atomic mass is 16.1. The Morgan fingerprint density at radius 1 is 1.28 bits per heavy atom. The van der Waals surface area contributed by atoms with Gasteiger partial charge in [0.1, 0.15) is 0 Å². The second kappa shape index (κ2) is 6.01. The van der Waals surface area contributed by atoms with Crippen molar-refractivity contribution in [3.05, 3.63) is 29.8 Å². The summed E-state index contributed by atoms with van der Waals surface area (Å²) in [6.07, 6.45) is 1.38. The van der Waals surface area contributed by atoms with E-state index in [1.807, 2.05) is 26.0 Å². The summed E-state index contributed by atoms with van der Waals surface area (Å²) in [6.45, 7) is 8.08. The average Bonchev–Trinajstić information content (AvgIpc) is 2.17. The van der Waals surface area contributed by atoms with E-state index in [-0.39, 0.29) is 5.91 Å². The minimum atomic E-state index is -0.471. The topological polar surface area (TPSA) is 55.1 Å². The van der Waals surface area contributed by atoms with Gasteiger partial charge in [-0.2, -0.15) is 0 Å². The van der Waals surface area contributed by atoms with E-state index >= 15 is 0 Å². The highest BCUT2D eigenvalue weighted by Crippen LogP contribution is 2.14. The minimum absolute atomic E-state index is 0.0425. The largest absolute Gasteiger partial charge is 0.326 e. The number of anilines is 1. The fraction of sp³-hybridized carbons (Fsp3) is 0.533. The summed E-state index contributed by atoms with van der Waals surface area (Å²) in [5, 5.41) is 2.86. The number of hydrogen-bond acceptors (Lipinski definition) is 2. The van der Waals surface area contributed by atoms with Crippen LogP contribution < -0.4 is 11.1 Å². The number of amides is 1. The van der Waals surface area contributed by atoms with Gasteiger partial charge < -0.3 is 11.1 Å². The highest BCUT2D eigenvalue weighted by molar-refractivity contribution is 5.91. The maximum absolute atomic E-state index is 11.7. The lowest BCUT2D eigenvalue weighted by Gasteiger charge is -2.17. The maximum atomic E-state index is 11.7. The molecule has 0 heterocycles. The molecule has 3 heteroatoms. The maximum Gasteiger partial charge on any atom is 0.226 e. The molecule has 1 aromatic carbocycles. The normalized spacial score (nSPS) is 11.7. The van der Waals surface area contributed by atoms with Crippen LogP contribution in [0.5, 0.6) is 0 Å². The quantitative estimate of drug-likeness (QED) is 0.841. The van der Waals surface area contributed by atoms with Crippen molar-refractivity contribution in [2.24, 2.45) is 11.7 Å². The van der Waals surface area contributed by atoms with Crippen molar-refractivity contribution < 1.29 is 4.79 Å². The fourth-order valence-corrected chi connectivity index (χ4v) is 1.81. The van der Waals surface area contributed by atoms with Gasteiger partial charge in [-0.3, -0.25) is 4.79 Å². The molecule has 0 saturated carbocycles. The Morgan fingerprint density at radius 3 is 2.28 bits per heavy atom. The molecule has 0 aromatic heterocycles. The second-order valence-electron chi connectivity index (χ2n) is 6.01. The second-order valence-corrected chi connectivity index (χ2v) is 6.01. The number of rotatable bonds is 5. The Hall–Kier alpha value is -1.35. The van der Waals surface area contributed by atoms with E-state index in [4.69, 9.17) is 5.73 Å². The first-order chi connectivity index (χ1) is 8.26. The van der Waals surface area contributed by atoms with Crippen LogP contribution in [0, 0.1) is 5.92 Å². The molecular formula is C15H24N2O. The number of carbonyl (C=O) groups is 1. The van der Waals surface area contributed by atoms with Gasteiger partial charge in [0.15, 0.2) is 0 Å². The summed E-state index contributed by atoms with van der Waals surface area (Å²) in [4.78, 5) is 11.7. The van der Waals surface area contributed by atoms with Crippen LogP contribution in [0.4, 0.5) is 5.69 Å². The van der Waals surface area contributed by atoms with E-state index in [9.17, 15) is 4.79 Å². The summed E-state index contributed by atoms with van der Waals surface area (Å²) in [7, 11) is 0. The van der Waals surface area contributed by atoms with Gasteiger partial charge in [0.25, 0.3) is 0 Å². The van der Waals surface area contributed by atoms with Crippen LogP contribution in [0.1, 0.15) is 39.7 Å². The lowest BCUT2D eigenvalue weighted by Crippen LogP contribution is -2.36. The summed E-state index contributed by atoms with van der Waals surface area (Å²) in [5.74, 6) is 0.600. The first-order valence-electron chi connectivity index (χ1n) is 6.44. The molecule has 1 aromatic rings. The van der Waals surface area contributed by atoms with Crippen molar-refractivity contribution in [3.8, 4) is 0 Å². The molecule has 0 atom stereocenters. The Kier molecular flexibility index (Phi) is 4.91. The van der Waals surface area contributed by atoms with Gasteiger partial charge in [-0.25, -0.2) is 0 Å². The lowest BCUT2D eigenvalue weighted by molar-refractivity contribution is -0.117. The monoisotopic (exact) mass is 248 g/mol. The molecule has 1 amide bonds. The van der Waals surface area contributed by atoms with Crippen molar-refractivity contribution in [2.75, 3.05) is 5.32 Å². The van der Waals surface area contributed by atoms with Crippen LogP contribution in [0.15, 0.2) is 24.3 Å². The van der Waals surface area contributed by atoms with Crippen LogP contribution >= 0.6 is 0 Å². The molecule has 0 fully saturated rings. The van der Waals surface area contributed by atoms with Crippen LogP contribution in [-0.2, 0) is 11.2 Å². The molecule has 0 radical (unpaired) electrons. The van der Waals surface area contributed by atoms with Crippen molar-refractivity contribution in [2.45, 2.75) is 46.1 Å². The third-order valence-electron chi connectivity index (χ3n) is 2.50. The molecule has 1 rings (SSSR count). The Bertz CT molecular complexity index is 388. The molecule has 100 valence electrons. The first kappa shape index (κ1) is 14.7. The molecule has 0 saturated heterocycles. The number of hydrogen-bond donors (Lipinski definition) is 2. The van der Waals surface area contributed by atoms with Gasteiger partial charge in [-0.1, -0.05) is 26.0 Å². The summed E-state index contributed by atoms with van der Waals surface area (Å²) < 4.78 is 0. The minimum Gasteiger partial charge on any atom is -0.326 e. The lowest BCUT2D eigenvalue weighted by atomic mass is 10.0. The third-order valence-corrected chi connectivity index (χ3v) is 2.50. The Balaban J connectivity index is 2.56. The van der Waals surface area contributed by atoms with Crippen LogP contribution in [0.3, 0.4) is 0 Å². The van der Waals surface area contributed by atoms with E-state index in [2.05, 4.69) is 31.3 Å². The number of benzene rings is 1. The fourth-order valence-electron chi connectivity index (χ4n) is 1.81. The first-order valence-corrected chi connectivity index (χ1v) is 6.44. The predicted octanol–water partition coefficient (Wildman–Crippen LogP) is 2.95. The zero-order valence-electron chi connectivity index (χ0n) is 11.8. The van der Waals surface area contributed by atoms with Crippen molar-refractivity contribution >= 4 is 11.6 Å². The van der Waals surface area contributed by atoms with E-state index in [1.54, 1.807) is 0 Å². The third kappa shape index (κ3) is 5.82. The SMILES string of the molecule is CC(C)Cc1ccc(NC(=O)CC(C)(C)N)cc1. The van der Waals surface area contributed by atoms with Crippen molar-refractivity contribution in [1.82, 2.24) is 0 Å². The summed E-state index contributed by atoms with van der Waals surface area (Å²) in [5.41, 5.74) is 7.46. The molecule has 0 aliphatic heterocycles. The van der Waals surface area contributed by atoms with Gasteiger partial charge in [-0.05, 0) is 43.9 Å². The summed E-state index contributed by atoms with van der Waals surface area (Å²) in [6, 6.07) is 8.00. The molecule has 0 bridgehead atoms. The zero-order valence-corrected chi connectivity index (χ0v) is 11.8. The number of nitrogens with two attached hydrogens (primary N) is 1. The van der Waals surface area contributed by atoms with E-state index in [0.717, 1.165) is 12.1 Å². The molecule has 0 spiro atoms. The molecule has 0 unspecified atom stereocenters. The molecule has 3 N–H and O–H groups in total. The Morgan fingerprint density at radius 2 is 1.83 bits per heavy atom. The van der Waals surface area contributed by atoms with Gasteiger partial charge in [-0.15, -0.1) is 0 Å². The van der Waals surface area contributed by atoms with Gasteiger partial charge >= 0.3 is 0 Å². The smallest absolute Gasteiger partial charge is 0.226 e. The zero-order chi connectivity index (χ0) is 13.8. The van der Waals surface area contributed by atoms with E-state index < -0.39 is 5.54 Å². The molecule has 0 aliphatic carbocycles. The van der Waals surface area contributed by atoms with Gasteiger partial charge in [0.05, 0.1) is 0 Å². The predicted molar refractivity (Wildman–Crippen MR) is 76.5 cm³/mol. The van der Waals surface area contributed by atoms with Gasteiger partial charge in [0, 0.05) is 17.6 Å². The summed E-state index contributed by atoms with van der Waals surface area (Å²) >= 11 is 0. The van der Waals surface area contributed by atoms with Crippen molar-refractivity contribution in [3.63, 3.8) is 0 Å². The molecular weight excluding hydrogens is 224 g/mol. The van der Waals surface area contributed by atoms with Crippen LogP contribution in [0.2, 0.25) is 0 Å². The number of carbonyl (C=O) groups excluding carboxylic acids is 1. The molecule has 18 heavy (non-hydrogen) atoms. The standard InChI is InChI=1S/C15H24N2O/c1-11(2)9-12-5-7-13(8-6-12)17-14(18)10-15(3,4)16/h5-8,11H,9-10,16H2,1-4H3,(H,17,18). The highest BCUT2D eigenvalue weighted by Gasteiger charge is 2.16. The number of nitrogens with one attached hydrogen (secondary N) is 1. The van der Waals surface area contributed by atoms with E-state index in [1.165, 1.54) is 5.56 Å². The van der Waals surface area contributed by atoms with Crippen LogP contribution in [-0.4, -0.2) is 11.4 Å².